The number of nitrogens with zero attached hydrogens (tertiary/aromatic N) is 2. The van der Waals surface area contributed by atoms with Crippen LogP contribution in [0, 0.1) is 6.92 Å². The normalized spacial score (nSPS) is 11.8. The van der Waals surface area contributed by atoms with Gasteiger partial charge in [-0.25, -0.2) is 4.99 Å². The van der Waals surface area contributed by atoms with Crippen LogP contribution in [0.15, 0.2) is 64.1 Å². The highest BCUT2D eigenvalue weighted by Crippen LogP contribution is 2.31. The number of fused-ring (bicyclic) bond motifs is 1. The van der Waals surface area contributed by atoms with Crippen molar-refractivity contribution in [3.05, 3.63) is 82.7 Å². The molecule has 0 spiro atoms. The summed E-state index contributed by atoms with van der Waals surface area (Å²) in [6.07, 6.45) is -3.02. The summed E-state index contributed by atoms with van der Waals surface area (Å²) in [6.45, 7) is 2.80. The molecule has 1 amide bonds. The Hall–Kier alpha value is -4.87. The van der Waals surface area contributed by atoms with Gasteiger partial charge in [-0.3, -0.25) is 14.6 Å². The zero-order valence-electron chi connectivity index (χ0n) is 21.9. The number of halogens is 3. The molecule has 0 radical (unpaired) electrons. The number of aromatic nitrogens is 1. The highest BCUT2D eigenvalue weighted by atomic mass is 19.4. The molecule has 0 aliphatic carbocycles. The predicted molar refractivity (Wildman–Crippen MR) is 138 cm³/mol. The fourth-order valence-corrected chi connectivity index (χ4v) is 3.76. The Morgan fingerprint density at radius 2 is 1.77 bits per heavy atom. The summed E-state index contributed by atoms with van der Waals surface area (Å²) in [5, 5.41) is 3.18. The van der Waals surface area contributed by atoms with E-state index in [1.807, 2.05) is 0 Å². The molecule has 40 heavy (non-hydrogen) atoms. The summed E-state index contributed by atoms with van der Waals surface area (Å²) < 4.78 is 60.8. The minimum atomic E-state index is -4.52. The molecule has 2 heterocycles. The van der Waals surface area contributed by atoms with Crippen LogP contribution in [0.1, 0.15) is 34.1 Å². The van der Waals surface area contributed by atoms with E-state index in [2.05, 4.69) is 15.3 Å². The molecule has 4 rings (SSSR count). The van der Waals surface area contributed by atoms with Crippen molar-refractivity contribution in [1.82, 2.24) is 4.98 Å². The monoisotopic (exact) mass is 555 g/mol. The van der Waals surface area contributed by atoms with Crippen molar-refractivity contribution in [3.63, 3.8) is 0 Å². The third kappa shape index (κ3) is 6.22. The van der Waals surface area contributed by atoms with Gasteiger partial charge in [0.15, 0.2) is 5.58 Å². The Morgan fingerprint density at radius 1 is 1.05 bits per heavy atom. The molecule has 0 atom stereocenters. The van der Waals surface area contributed by atoms with Crippen molar-refractivity contribution in [2.75, 3.05) is 19.5 Å². The van der Waals surface area contributed by atoms with Gasteiger partial charge in [-0.1, -0.05) is 0 Å². The second-order valence-electron chi connectivity index (χ2n) is 8.53. The maximum Gasteiger partial charge on any atom is 0.416 e. The predicted octanol–water partition coefficient (Wildman–Crippen LogP) is 5.72. The van der Waals surface area contributed by atoms with Gasteiger partial charge in [0, 0.05) is 30.1 Å². The number of anilines is 1. The lowest BCUT2D eigenvalue weighted by Gasteiger charge is -2.13. The van der Waals surface area contributed by atoms with E-state index in [-0.39, 0.29) is 29.0 Å². The van der Waals surface area contributed by atoms with Crippen molar-refractivity contribution < 1.29 is 41.4 Å². The first-order chi connectivity index (χ1) is 19.0. The zero-order valence-corrected chi connectivity index (χ0v) is 21.9. The van der Waals surface area contributed by atoms with Gasteiger partial charge < -0.3 is 23.9 Å². The first-order valence-electron chi connectivity index (χ1n) is 11.8. The van der Waals surface area contributed by atoms with E-state index in [0.717, 1.165) is 12.1 Å². The Kier molecular flexibility index (Phi) is 8.08. The standard InChI is InChI=1S/C28H24F3N3O6/c1-15-25-21(17(13-32-15)14-39-16(2)35)12-22(26(36)34-23-10-9-20(37-3)11-24(23)38-4)27(40-25)33-19-7-5-18(6-8-19)28(29,30)31/h5-13H,14H2,1-4H3,(H,34,36). The van der Waals surface area contributed by atoms with Crippen LogP contribution in [-0.2, 0) is 22.3 Å². The molecule has 4 aromatic rings. The van der Waals surface area contributed by atoms with Gasteiger partial charge in [-0.15, -0.1) is 0 Å². The maximum atomic E-state index is 13.6. The number of pyridine rings is 1. The van der Waals surface area contributed by atoms with E-state index >= 15 is 0 Å². The van der Waals surface area contributed by atoms with Crippen LogP contribution in [0.5, 0.6) is 11.5 Å². The number of alkyl halides is 3. The number of ether oxygens (including phenoxy) is 3. The van der Waals surface area contributed by atoms with Crippen LogP contribution in [0.3, 0.4) is 0 Å². The lowest BCUT2D eigenvalue weighted by Crippen LogP contribution is -2.22. The molecule has 12 heteroatoms. The van der Waals surface area contributed by atoms with E-state index in [0.29, 0.717) is 33.8 Å². The first-order valence-corrected chi connectivity index (χ1v) is 11.8. The summed E-state index contributed by atoms with van der Waals surface area (Å²) in [5.74, 6) is -0.328. The zero-order chi connectivity index (χ0) is 29.0. The summed E-state index contributed by atoms with van der Waals surface area (Å²) in [7, 11) is 2.92. The van der Waals surface area contributed by atoms with E-state index < -0.39 is 23.6 Å². The van der Waals surface area contributed by atoms with E-state index in [1.54, 1.807) is 25.1 Å². The molecule has 1 N–H and O–H groups in total. The summed E-state index contributed by atoms with van der Waals surface area (Å²) in [5.41, 5.74) is 0.557. The van der Waals surface area contributed by atoms with Gasteiger partial charge in [0.1, 0.15) is 23.7 Å². The molecule has 0 aliphatic heterocycles. The SMILES string of the molecule is COc1ccc(NC(=O)c2cc3c(COC(C)=O)cnc(C)c3oc2=Nc2ccc(C(F)(F)F)cc2)c(OC)c1. The number of carbonyl (C=O) groups excluding carboxylic acids is 2. The van der Waals surface area contributed by atoms with Gasteiger partial charge in [0.2, 0.25) is 5.55 Å². The van der Waals surface area contributed by atoms with Crippen LogP contribution < -0.4 is 20.3 Å². The maximum absolute atomic E-state index is 13.6. The number of hydrogen-bond acceptors (Lipinski definition) is 8. The molecule has 0 unspecified atom stereocenters. The van der Waals surface area contributed by atoms with Gasteiger partial charge in [-0.05, 0) is 49.4 Å². The number of benzene rings is 2. The largest absolute Gasteiger partial charge is 0.497 e. The number of amides is 1. The molecular formula is C28H24F3N3O6. The molecule has 9 nitrogen and oxygen atoms in total. The molecule has 0 aliphatic rings. The van der Waals surface area contributed by atoms with E-state index in [9.17, 15) is 22.8 Å². The van der Waals surface area contributed by atoms with Crippen molar-refractivity contribution in [3.8, 4) is 11.5 Å². The number of methoxy groups -OCH3 is 2. The quantitative estimate of drug-likeness (QED) is 0.290. The Bertz CT molecular complexity index is 1650. The Balaban J connectivity index is 1.88. The van der Waals surface area contributed by atoms with Gasteiger partial charge >= 0.3 is 12.1 Å². The summed E-state index contributed by atoms with van der Waals surface area (Å²) in [4.78, 5) is 33.6. The van der Waals surface area contributed by atoms with Crippen molar-refractivity contribution in [2.45, 2.75) is 26.6 Å². The lowest BCUT2D eigenvalue weighted by atomic mass is 10.1. The van der Waals surface area contributed by atoms with E-state index in [1.165, 1.54) is 45.5 Å². The molecule has 2 aromatic carbocycles. The second kappa shape index (κ2) is 11.5. The average molecular weight is 556 g/mol. The third-order valence-electron chi connectivity index (χ3n) is 5.81. The third-order valence-corrected chi connectivity index (χ3v) is 5.81. The molecule has 0 saturated heterocycles. The molecular weight excluding hydrogens is 531 g/mol. The minimum Gasteiger partial charge on any atom is -0.497 e. The highest BCUT2D eigenvalue weighted by Gasteiger charge is 2.30. The Morgan fingerprint density at radius 3 is 2.40 bits per heavy atom. The summed E-state index contributed by atoms with van der Waals surface area (Å²) >= 11 is 0. The molecule has 0 saturated carbocycles. The van der Waals surface area contributed by atoms with Crippen molar-refractivity contribution in [2.24, 2.45) is 4.99 Å². The topological polar surface area (TPSA) is 112 Å². The van der Waals surface area contributed by atoms with Crippen LogP contribution in [0.2, 0.25) is 0 Å². The smallest absolute Gasteiger partial charge is 0.416 e. The van der Waals surface area contributed by atoms with Crippen LogP contribution >= 0.6 is 0 Å². The number of aryl methyl sites for hydroxylation is 1. The van der Waals surface area contributed by atoms with Crippen molar-refractivity contribution >= 4 is 34.2 Å². The molecule has 208 valence electrons. The molecule has 0 fully saturated rings. The fourth-order valence-electron chi connectivity index (χ4n) is 3.76. The summed E-state index contributed by atoms with van der Waals surface area (Å²) in [6, 6.07) is 10.4. The lowest BCUT2D eigenvalue weighted by molar-refractivity contribution is -0.142. The molecule has 0 bridgehead atoms. The van der Waals surface area contributed by atoms with Crippen LogP contribution in [0.25, 0.3) is 11.0 Å². The number of esters is 1. The fraction of sp³-hybridized carbons (Fsp3) is 0.214. The van der Waals surface area contributed by atoms with Gasteiger partial charge in [0.05, 0.1) is 36.9 Å². The number of rotatable bonds is 7. The second-order valence-corrected chi connectivity index (χ2v) is 8.53. The number of nitrogens with one attached hydrogen (secondary N) is 1. The Labute approximate surface area is 226 Å². The van der Waals surface area contributed by atoms with Crippen LogP contribution in [0.4, 0.5) is 24.5 Å². The van der Waals surface area contributed by atoms with Gasteiger partial charge in [-0.2, -0.15) is 13.2 Å². The first kappa shape index (κ1) is 28.1. The highest BCUT2D eigenvalue weighted by molar-refractivity contribution is 6.06. The molecule has 2 aromatic heterocycles. The minimum absolute atomic E-state index is 0.0417. The number of hydrogen-bond donors (Lipinski definition) is 1. The van der Waals surface area contributed by atoms with Crippen LogP contribution in [-0.4, -0.2) is 31.1 Å². The number of carbonyl (C=O) groups is 2. The van der Waals surface area contributed by atoms with Gasteiger partial charge in [0.25, 0.3) is 5.91 Å². The van der Waals surface area contributed by atoms with E-state index in [4.69, 9.17) is 18.6 Å². The van der Waals surface area contributed by atoms with Crippen molar-refractivity contribution in [1.29, 1.82) is 0 Å². The average Bonchev–Trinajstić information content (AvgIpc) is 2.92.